The molecule has 3 rings (SSSR count). The highest BCUT2D eigenvalue weighted by molar-refractivity contribution is 5.79. The van der Waals surface area contributed by atoms with E-state index in [4.69, 9.17) is 0 Å². The molecule has 0 unspecified atom stereocenters. The highest BCUT2D eigenvalue weighted by atomic mass is 16.2. The first-order chi connectivity index (χ1) is 11.2. The van der Waals surface area contributed by atoms with E-state index in [1.807, 2.05) is 49.5 Å². The van der Waals surface area contributed by atoms with E-state index in [0.29, 0.717) is 17.9 Å². The Morgan fingerprint density at radius 2 is 1.61 bits per heavy atom. The summed E-state index contributed by atoms with van der Waals surface area (Å²) in [6, 6.07) is 13.0. The molecular weight excluding hydrogens is 292 g/mol. The molecule has 0 fully saturated rings. The molecule has 6 heteroatoms. The van der Waals surface area contributed by atoms with E-state index in [0.717, 1.165) is 17.1 Å². The van der Waals surface area contributed by atoms with E-state index in [-0.39, 0.29) is 0 Å². The van der Waals surface area contributed by atoms with Crippen molar-refractivity contribution in [3.05, 3.63) is 74.8 Å². The minimum absolute atomic E-state index is 0.295. The monoisotopic (exact) mass is 308 g/mol. The van der Waals surface area contributed by atoms with Crippen molar-refractivity contribution in [2.24, 2.45) is 0 Å². The van der Waals surface area contributed by atoms with Gasteiger partial charge < -0.3 is 16.0 Å². The lowest BCUT2D eigenvalue weighted by Gasteiger charge is -2.15. The number of nitrogens with zero attached hydrogens (tertiary/aromatic N) is 1. The van der Waals surface area contributed by atoms with Crippen LogP contribution in [0.5, 0.6) is 0 Å². The number of hydrogen-bond donors (Lipinski definition) is 3. The molecule has 1 aromatic heterocycles. The Labute approximate surface area is 132 Å². The van der Waals surface area contributed by atoms with E-state index in [9.17, 15) is 9.59 Å². The molecule has 0 bridgehead atoms. The third kappa shape index (κ3) is 3.06. The Hall–Kier alpha value is -3.15. The van der Waals surface area contributed by atoms with Crippen LogP contribution < -0.4 is 26.8 Å². The summed E-state index contributed by atoms with van der Waals surface area (Å²) in [4.78, 5) is 27.7. The van der Waals surface area contributed by atoms with Gasteiger partial charge in [0.1, 0.15) is 11.4 Å². The maximum Gasteiger partial charge on any atom is 0.253 e. The highest BCUT2D eigenvalue weighted by Gasteiger charge is 2.20. The van der Waals surface area contributed by atoms with E-state index in [2.05, 4.69) is 20.9 Å². The Morgan fingerprint density at radius 3 is 2.26 bits per heavy atom. The van der Waals surface area contributed by atoms with Crippen LogP contribution in [-0.2, 0) is 6.54 Å². The number of nitrogens with one attached hydrogen (secondary N) is 3. The highest BCUT2D eigenvalue weighted by Crippen LogP contribution is 2.22. The van der Waals surface area contributed by atoms with Crippen LogP contribution >= 0.6 is 0 Å². The van der Waals surface area contributed by atoms with Crippen molar-refractivity contribution < 1.29 is 0 Å². The van der Waals surface area contributed by atoms with Crippen molar-refractivity contribution in [1.82, 2.24) is 4.98 Å². The van der Waals surface area contributed by atoms with Crippen LogP contribution in [0.25, 0.3) is 0 Å². The molecule has 116 valence electrons. The SMILES string of the molecule is CNc1ccc(Nc2c(NCc3ccccn3)c(=O)c2=O)cc1. The van der Waals surface area contributed by atoms with Crippen LogP contribution in [0.3, 0.4) is 0 Å². The summed E-state index contributed by atoms with van der Waals surface area (Å²) >= 11 is 0. The van der Waals surface area contributed by atoms with E-state index in [1.54, 1.807) is 6.20 Å². The summed E-state index contributed by atoms with van der Waals surface area (Å²) in [5, 5.41) is 8.99. The van der Waals surface area contributed by atoms with Gasteiger partial charge in [0.05, 0.1) is 12.2 Å². The van der Waals surface area contributed by atoms with Gasteiger partial charge in [-0.05, 0) is 36.4 Å². The van der Waals surface area contributed by atoms with Gasteiger partial charge in [-0.2, -0.15) is 0 Å². The van der Waals surface area contributed by atoms with Crippen LogP contribution in [0.4, 0.5) is 22.7 Å². The van der Waals surface area contributed by atoms with E-state index in [1.165, 1.54) is 0 Å². The molecule has 0 aliphatic rings. The van der Waals surface area contributed by atoms with Gasteiger partial charge >= 0.3 is 0 Å². The normalized spacial score (nSPS) is 10.5. The van der Waals surface area contributed by atoms with Crippen molar-refractivity contribution in [3.63, 3.8) is 0 Å². The van der Waals surface area contributed by atoms with Gasteiger partial charge in [-0.1, -0.05) is 6.07 Å². The minimum Gasteiger partial charge on any atom is -0.388 e. The number of aromatic nitrogens is 1. The number of benzene rings is 1. The second kappa shape index (κ2) is 6.31. The lowest BCUT2D eigenvalue weighted by molar-refractivity contribution is 1.04. The standard InChI is InChI=1S/C17H16N4O2/c1-18-11-5-7-12(8-6-11)21-15-14(16(22)17(15)23)20-10-13-4-2-3-9-19-13/h2-9,18,20-21H,10H2,1H3. The van der Waals surface area contributed by atoms with Gasteiger partial charge in [-0.25, -0.2) is 0 Å². The smallest absolute Gasteiger partial charge is 0.253 e. The summed E-state index contributed by atoms with van der Waals surface area (Å²) in [5.74, 6) is 0. The Morgan fingerprint density at radius 1 is 0.913 bits per heavy atom. The predicted octanol–water partition coefficient (Wildman–Crippen LogP) is 2.07. The molecular formula is C17H16N4O2. The fourth-order valence-corrected chi connectivity index (χ4v) is 2.23. The summed E-state index contributed by atoms with van der Waals surface area (Å²) in [7, 11) is 1.83. The zero-order chi connectivity index (χ0) is 16.2. The second-order valence-corrected chi connectivity index (χ2v) is 5.04. The van der Waals surface area contributed by atoms with Crippen LogP contribution in [0.1, 0.15) is 5.69 Å². The predicted molar refractivity (Wildman–Crippen MR) is 92.2 cm³/mol. The van der Waals surface area contributed by atoms with Crippen LogP contribution in [-0.4, -0.2) is 12.0 Å². The zero-order valence-corrected chi connectivity index (χ0v) is 12.6. The molecule has 2 aromatic carbocycles. The van der Waals surface area contributed by atoms with Crippen molar-refractivity contribution in [1.29, 1.82) is 0 Å². The summed E-state index contributed by atoms with van der Waals surface area (Å²) in [6.45, 7) is 0.388. The summed E-state index contributed by atoms with van der Waals surface area (Å²) in [5.41, 5.74) is 2.10. The first-order valence-electron chi connectivity index (χ1n) is 7.21. The average molecular weight is 308 g/mol. The molecule has 0 atom stereocenters. The number of rotatable bonds is 6. The van der Waals surface area contributed by atoms with E-state index < -0.39 is 10.9 Å². The fraction of sp³-hybridized carbons (Fsp3) is 0.118. The quantitative estimate of drug-likeness (QED) is 0.605. The molecule has 0 aliphatic carbocycles. The third-order valence-corrected chi connectivity index (χ3v) is 3.53. The lowest BCUT2D eigenvalue weighted by atomic mass is 10.1. The van der Waals surface area contributed by atoms with Gasteiger partial charge in [-0.3, -0.25) is 14.6 Å². The number of pyridine rings is 1. The summed E-state index contributed by atoms with van der Waals surface area (Å²) < 4.78 is 0. The third-order valence-electron chi connectivity index (χ3n) is 3.53. The van der Waals surface area contributed by atoms with Crippen molar-refractivity contribution in [2.45, 2.75) is 6.54 Å². The van der Waals surface area contributed by atoms with Crippen molar-refractivity contribution in [2.75, 3.05) is 23.0 Å². The average Bonchev–Trinajstić information content (AvgIpc) is 2.62. The molecule has 3 aromatic rings. The fourth-order valence-electron chi connectivity index (χ4n) is 2.23. The number of anilines is 4. The second-order valence-electron chi connectivity index (χ2n) is 5.04. The van der Waals surface area contributed by atoms with Crippen LogP contribution in [0.15, 0.2) is 58.3 Å². The van der Waals surface area contributed by atoms with Gasteiger partial charge in [0.2, 0.25) is 0 Å². The van der Waals surface area contributed by atoms with Gasteiger partial charge in [0, 0.05) is 24.6 Å². The first kappa shape index (κ1) is 14.8. The van der Waals surface area contributed by atoms with Gasteiger partial charge in [0.25, 0.3) is 10.9 Å². The van der Waals surface area contributed by atoms with E-state index >= 15 is 0 Å². The topological polar surface area (TPSA) is 83.1 Å². The Bertz CT molecular complexity index is 866. The molecule has 0 spiro atoms. The Kier molecular flexibility index (Phi) is 4.05. The molecule has 3 N–H and O–H groups in total. The minimum atomic E-state index is -0.508. The zero-order valence-electron chi connectivity index (χ0n) is 12.6. The maximum atomic E-state index is 11.8. The Balaban J connectivity index is 1.74. The largest absolute Gasteiger partial charge is 0.388 e. The molecule has 0 radical (unpaired) electrons. The van der Waals surface area contributed by atoms with Crippen LogP contribution in [0.2, 0.25) is 0 Å². The molecule has 0 saturated heterocycles. The van der Waals surface area contributed by atoms with Gasteiger partial charge in [-0.15, -0.1) is 0 Å². The van der Waals surface area contributed by atoms with Crippen molar-refractivity contribution >= 4 is 22.7 Å². The van der Waals surface area contributed by atoms with Crippen molar-refractivity contribution in [3.8, 4) is 0 Å². The van der Waals surface area contributed by atoms with Gasteiger partial charge in [0.15, 0.2) is 0 Å². The maximum absolute atomic E-state index is 11.8. The molecule has 0 aliphatic heterocycles. The lowest BCUT2D eigenvalue weighted by Crippen LogP contribution is -2.36. The molecule has 23 heavy (non-hydrogen) atoms. The first-order valence-corrected chi connectivity index (χ1v) is 7.21. The summed E-state index contributed by atoms with van der Waals surface area (Å²) in [6.07, 6.45) is 1.68. The molecule has 6 nitrogen and oxygen atoms in total. The molecule has 1 heterocycles. The van der Waals surface area contributed by atoms with Crippen LogP contribution in [0, 0.1) is 0 Å². The number of hydrogen-bond acceptors (Lipinski definition) is 6. The molecule has 0 saturated carbocycles. The molecule has 0 amide bonds.